The van der Waals surface area contributed by atoms with Gasteiger partial charge in [-0.1, -0.05) is 19.8 Å². The topological polar surface area (TPSA) is 63.1 Å². The van der Waals surface area contributed by atoms with Gasteiger partial charge in [0.1, 0.15) is 0 Å². The van der Waals surface area contributed by atoms with Crippen molar-refractivity contribution in [1.82, 2.24) is 14.6 Å². The number of hydrogen-bond donors (Lipinski definition) is 2. The Morgan fingerprint density at radius 1 is 1.30 bits per heavy atom. The first-order valence-electron chi connectivity index (χ1n) is 7.49. The minimum atomic E-state index is -3.38. The van der Waals surface area contributed by atoms with Crippen molar-refractivity contribution in [3.05, 3.63) is 18.0 Å². The van der Waals surface area contributed by atoms with Crippen LogP contribution in [0.2, 0.25) is 0 Å². The maximum atomic E-state index is 12.4. The van der Waals surface area contributed by atoms with Gasteiger partial charge in [-0.15, -0.1) is 0 Å². The molecule has 1 saturated carbocycles. The summed E-state index contributed by atoms with van der Waals surface area (Å²) in [6.07, 6.45) is 5.89. The molecule has 0 atom stereocenters. The molecule has 0 aliphatic heterocycles. The molecule has 1 heterocycles. The molecule has 1 fully saturated rings. The molecule has 5 nitrogen and oxygen atoms in total. The van der Waals surface area contributed by atoms with Gasteiger partial charge in [-0.25, -0.2) is 13.1 Å². The van der Waals surface area contributed by atoms with Crippen molar-refractivity contribution in [1.29, 1.82) is 0 Å². The van der Waals surface area contributed by atoms with E-state index in [0.717, 1.165) is 44.5 Å². The predicted octanol–water partition coefficient (Wildman–Crippen LogP) is 1.84. The molecule has 0 saturated heterocycles. The smallest absolute Gasteiger partial charge is 0.242 e. The van der Waals surface area contributed by atoms with E-state index in [4.69, 9.17) is 0 Å². The maximum Gasteiger partial charge on any atom is 0.242 e. The van der Waals surface area contributed by atoms with Crippen molar-refractivity contribution in [2.45, 2.75) is 63.6 Å². The lowest BCUT2D eigenvalue weighted by molar-refractivity contribution is 0.552. The summed E-state index contributed by atoms with van der Waals surface area (Å²) in [6, 6.07) is 1.89. The summed E-state index contributed by atoms with van der Waals surface area (Å²) >= 11 is 0. The third-order valence-corrected chi connectivity index (χ3v) is 5.33. The molecule has 0 spiro atoms. The lowest BCUT2D eigenvalue weighted by Crippen LogP contribution is -2.32. The van der Waals surface area contributed by atoms with Crippen molar-refractivity contribution in [3.8, 4) is 0 Å². The zero-order valence-electron chi connectivity index (χ0n) is 12.4. The van der Waals surface area contributed by atoms with Crippen LogP contribution in [-0.2, 0) is 23.1 Å². The highest BCUT2D eigenvalue weighted by atomic mass is 32.2. The van der Waals surface area contributed by atoms with Gasteiger partial charge in [-0.3, -0.25) is 0 Å². The first kappa shape index (κ1) is 15.5. The molecule has 1 aliphatic rings. The SMILES string of the molecule is CCNCc1cc(S(=O)(=O)NC2CCCC2)cn1CC. The maximum absolute atomic E-state index is 12.4. The van der Waals surface area contributed by atoms with Gasteiger partial charge in [-0.2, -0.15) is 0 Å². The van der Waals surface area contributed by atoms with Gasteiger partial charge >= 0.3 is 0 Å². The van der Waals surface area contributed by atoms with E-state index in [-0.39, 0.29) is 6.04 Å². The monoisotopic (exact) mass is 299 g/mol. The van der Waals surface area contributed by atoms with Gasteiger partial charge in [0.15, 0.2) is 0 Å². The largest absolute Gasteiger partial charge is 0.349 e. The van der Waals surface area contributed by atoms with E-state index in [2.05, 4.69) is 10.0 Å². The minimum absolute atomic E-state index is 0.113. The van der Waals surface area contributed by atoms with Crippen LogP contribution in [0.4, 0.5) is 0 Å². The number of hydrogen-bond acceptors (Lipinski definition) is 3. The van der Waals surface area contributed by atoms with Crippen LogP contribution in [0.15, 0.2) is 17.2 Å². The van der Waals surface area contributed by atoms with Crippen LogP contribution in [0.3, 0.4) is 0 Å². The summed E-state index contributed by atoms with van der Waals surface area (Å²) in [5.74, 6) is 0. The van der Waals surface area contributed by atoms with E-state index in [0.29, 0.717) is 11.4 Å². The van der Waals surface area contributed by atoms with E-state index in [1.54, 1.807) is 12.3 Å². The summed E-state index contributed by atoms with van der Waals surface area (Å²) < 4.78 is 29.6. The first-order chi connectivity index (χ1) is 9.56. The fourth-order valence-corrected chi connectivity index (χ4v) is 4.07. The summed E-state index contributed by atoms with van der Waals surface area (Å²) in [6.45, 7) is 6.41. The van der Waals surface area contributed by atoms with E-state index in [1.165, 1.54) is 0 Å². The van der Waals surface area contributed by atoms with Crippen molar-refractivity contribution in [2.24, 2.45) is 0 Å². The Morgan fingerprint density at radius 3 is 2.60 bits per heavy atom. The van der Waals surface area contributed by atoms with Crippen LogP contribution in [0.25, 0.3) is 0 Å². The Morgan fingerprint density at radius 2 is 2.00 bits per heavy atom. The molecule has 2 rings (SSSR count). The fraction of sp³-hybridized carbons (Fsp3) is 0.714. The number of sulfonamides is 1. The minimum Gasteiger partial charge on any atom is -0.349 e. The summed E-state index contributed by atoms with van der Waals surface area (Å²) in [5, 5.41) is 3.24. The third-order valence-electron chi connectivity index (χ3n) is 3.84. The molecule has 6 heteroatoms. The number of aryl methyl sites for hydroxylation is 1. The lowest BCUT2D eigenvalue weighted by Gasteiger charge is -2.11. The molecule has 0 bridgehead atoms. The fourth-order valence-electron chi connectivity index (χ4n) is 2.70. The van der Waals surface area contributed by atoms with Gasteiger partial charge in [0.25, 0.3) is 0 Å². The van der Waals surface area contributed by atoms with Crippen LogP contribution < -0.4 is 10.0 Å². The highest BCUT2D eigenvalue weighted by Crippen LogP contribution is 2.21. The highest BCUT2D eigenvalue weighted by molar-refractivity contribution is 7.89. The Bertz CT molecular complexity index is 531. The zero-order valence-corrected chi connectivity index (χ0v) is 13.2. The van der Waals surface area contributed by atoms with E-state index >= 15 is 0 Å². The van der Waals surface area contributed by atoms with Gasteiger partial charge in [0.2, 0.25) is 10.0 Å². The molecular formula is C14H25N3O2S. The van der Waals surface area contributed by atoms with E-state index < -0.39 is 10.0 Å². The number of nitrogens with one attached hydrogen (secondary N) is 2. The van der Waals surface area contributed by atoms with Crippen LogP contribution in [-0.4, -0.2) is 25.6 Å². The van der Waals surface area contributed by atoms with Crippen molar-refractivity contribution >= 4 is 10.0 Å². The van der Waals surface area contributed by atoms with Gasteiger partial charge in [0, 0.05) is 31.0 Å². The van der Waals surface area contributed by atoms with E-state index in [9.17, 15) is 8.42 Å². The second-order valence-electron chi connectivity index (χ2n) is 5.34. The van der Waals surface area contributed by atoms with Gasteiger partial charge < -0.3 is 9.88 Å². The predicted molar refractivity (Wildman–Crippen MR) is 80.1 cm³/mol. The number of rotatable bonds is 7. The van der Waals surface area contributed by atoms with Crippen molar-refractivity contribution in [2.75, 3.05) is 6.54 Å². The number of aromatic nitrogens is 1. The zero-order chi connectivity index (χ0) is 14.6. The van der Waals surface area contributed by atoms with Crippen LogP contribution in [0.5, 0.6) is 0 Å². The molecule has 0 radical (unpaired) electrons. The highest BCUT2D eigenvalue weighted by Gasteiger charge is 2.24. The molecule has 2 N–H and O–H groups in total. The second-order valence-corrected chi connectivity index (χ2v) is 7.05. The number of nitrogens with zero attached hydrogens (tertiary/aromatic N) is 1. The van der Waals surface area contributed by atoms with Gasteiger partial charge in [0.05, 0.1) is 4.90 Å². The van der Waals surface area contributed by atoms with Crippen molar-refractivity contribution in [3.63, 3.8) is 0 Å². The first-order valence-corrected chi connectivity index (χ1v) is 8.97. The standard InChI is InChI=1S/C14H25N3O2S/c1-3-15-10-13-9-14(11-17(13)4-2)20(18,19)16-12-7-5-6-8-12/h9,11-12,15-16H,3-8,10H2,1-2H3. The Kier molecular flexibility index (Phi) is 5.23. The third kappa shape index (κ3) is 3.62. The molecule has 0 amide bonds. The summed E-state index contributed by atoms with van der Waals surface area (Å²) in [5.41, 5.74) is 1.01. The van der Waals surface area contributed by atoms with Crippen LogP contribution in [0, 0.1) is 0 Å². The quantitative estimate of drug-likeness (QED) is 0.807. The Hall–Kier alpha value is -0.850. The molecule has 114 valence electrons. The molecule has 1 aromatic rings. The summed E-state index contributed by atoms with van der Waals surface area (Å²) in [4.78, 5) is 0.388. The van der Waals surface area contributed by atoms with Gasteiger partial charge in [-0.05, 0) is 32.4 Å². The summed E-state index contributed by atoms with van der Waals surface area (Å²) in [7, 11) is -3.38. The Labute approximate surface area is 121 Å². The second kappa shape index (κ2) is 6.74. The molecule has 0 aromatic carbocycles. The lowest BCUT2D eigenvalue weighted by atomic mass is 10.3. The van der Waals surface area contributed by atoms with Crippen LogP contribution in [0.1, 0.15) is 45.2 Å². The van der Waals surface area contributed by atoms with Crippen molar-refractivity contribution < 1.29 is 8.42 Å². The Balaban J connectivity index is 2.15. The average molecular weight is 299 g/mol. The average Bonchev–Trinajstić information content (AvgIpc) is 3.04. The molecule has 0 unspecified atom stereocenters. The molecular weight excluding hydrogens is 274 g/mol. The molecule has 20 heavy (non-hydrogen) atoms. The molecule has 1 aromatic heterocycles. The van der Waals surface area contributed by atoms with Crippen LogP contribution >= 0.6 is 0 Å². The van der Waals surface area contributed by atoms with E-state index in [1.807, 2.05) is 18.4 Å². The molecule has 1 aliphatic carbocycles. The normalized spacial score (nSPS) is 16.9.